The van der Waals surface area contributed by atoms with Crippen LogP contribution in [0.1, 0.15) is 69.8 Å². The molecule has 1 aromatic rings. The Balaban J connectivity index is 1.93. The van der Waals surface area contributed by atoms with Crippen molar-refractivity contribution in [1.29, 1.82) is 0 Å². The van der Waals surface area contributed by atoms with Gasteiger partial charge in [0.1, 0.15) is 24.9 Å². The molecule has 0 aliphatic rings. The topological polar surface area (TPSA) is 157 Å². The molecular formula is C25H41NO8. The molecule has 0 fully saturated rings. The van der Waals surface area contributed by atoms with Gasteiger partial charge >= 0.3 is 5.97 Å². The third-order valence-electron chi connectivity index (χ3n) is 5.61. The number of esters is 1. The first-order chi connectivity index (χ1) is 16.3. The van der Waals surface area contributed by atoms with Gasteiger partial charge in [0.15, 0.2) is 0 Å². The van der Waals surface area contributed by atoms with E-state index in [1.807, 2.05) is 30.3 Å². The van der Waals surface area contributed by atoms with E-state index in [1.165, 1.54) is 0 Å². The minimum Gasteiger partial charge on any atom is -0.461 e. The number of hydrogen-bond acceptors (Lipinski definition) is 8. The predicted octanol–water partition coefficient (Wildman–Crippen LogP) is 1.18. The molecule has 1 amide bonds. The van der Waals surface area contributed by atoms with Crippen LogP contribution in [-0.4, -0.2) is 75.0 Å². The smallest absolute Gasteiger partial charge is 0.306 e. The Morgan fingerprint density at radius 3 is 1.88 bits per heavy atom. The third kappa shape index (κ3) is 13.6. The number of benzene rings is 1. The van der Waals surface area contributed by atoms with Crippen molar-refractivity contribution in [2.45, 2.75) is 95.2 Å². The molecule has 0 saturated heterocycles. The number of rotatable bonds is 19. The summed E-state index contributed by atoms with van der Waals surface area (Å²) >= 11 is 0. The summed E-state index contributed by atoms with van der Waals surface area (Å²) in [5.41, 5.74) is 0.986. The van der Waals surface area contributed by atoms with Crippen LogP contribution in [-0.2, 0) is 20.9 Å². The molecule has 194 valence electrons. The van der Waals surface area contributed by atoms with Crippen molar-refractivity contribution in [2.24, 2.45) is 0 Å². The zero-order chi connectivity index (χ0) is 25.2. The lowest BCUT2D eigenvalue weighted by Crippen LogP contribution is -2.49. The summed E-state index contributed by atoms with van der Waals surface area (Å²) in [7, 11) is 0. The summed E-state index contributed by atoms with van der Waals surface area (Å²) in [6, 6.07) is 9.61. The average molecular weight is 484 g/mol. The number of nitrogens with one attached hydrogen (secondary N) is 1. The van der Waals surface area contributed by atoms with Crippen LogP contribution in [0.15, 0.2) is 30.3 Å². The van der Waals surface area contributed by atoms with Gasteiger partial charge in [0.25, 0.3) is 0 Å². The van der Waals surface area contributed by atoms with Gasteiger partial charge in [0.2, 0.25) is 5.91 Å². The van der Waals surface area contributed by atoms with Gasteiger partial charge in [-0.1, -0.05) is 68.9 Å². The van der Waals surface area contributed by atoms with E-state index in [0.717, 1.165) is 50.5 Å². The van der Waals surface area contributed by atoms with Crippen LogP contribution >= 0.6 is 0 Å². The van der Waals surface area contributed by atoms with Crippen molar-refractivity contribution in [2.75, 3.05) is 13.2 Å². The highest BCUT2D eigenvalue weighted by Gasteiger charge is 2.30. The second-order valence-electron chi connectivity index (χ2n) is 8.58. The highest BCUT2D eigenvalue weighted by atomic mass is 16.5. The normalized spacial score (nSPS) is 14.7. The maximum atomic E-state index is 11.8. The third-order valence-corrected chi connectivity index (χ3v) is 5.61. The fourth-order valence-electron chi connectivity index (χ4n) is 3.42. The summed E-state index contributed by atoms with van der Waals surface area (Å²) < 4.78 is 5.26. The van der Waals surface area contributed by atoms with E-state index in [2.05, 4.69) is 5.32 Å². The molecular weight excluding hydrogens is 442 g/mol. The van der Waals surface area contributed by atoms with Crippen LogP contribution in [0, 0.1) is 0 Å². The molecule has 0 unspecified atom stereocenters. The maximum absolute atomic E-state index is 11.8. The zero-order valence-corrected chi connectivity index (χ0v) is 19.8. The van der Waals surface area contributed by atoms with Crippen molar-refractivity contribution in [3.63, 3.8) is 0 Å². The quantitative estimate of drug-likeness (QED) is 0.127. The van der Waals surface area contributed by atoms with Crippen LogP contribution in [0.25, 0.3) is 0 Å². The molecule has 0 aliphatic carbocycles. The number of aliphatic hydroxyl groups excluding tert-OH is 5. The summed E-state index contributed by atoms with van der Waals surface area (Å²) in [5.74, 6) is -0.425. The molecule has 9 nitrogen and oxygen atoms in total. The molecule has 0 spiro atoms. The van der Waals surface area contributed by atoms with Crippen molar-refractivity contribution in [3.05, 3.63) is 35.9 Å². The number of carbonyl (C=O) groups excluding carboxylic acids is 2. The lowest BCUT2D eigenvalue weighted by molar-refractivity contribution is -0.145. The van der Waals surface area contributed by atoms with Gasteiger partial charge < -0.3 is 35.6 Å². The number of aliphatic hydroxyl groups is 5. The van der Waals surface area contributed by atoms with Crippen molar-refractivity contribution < 1.29 is 39.9 Å². The highest BCUT2D eigenvalue weighted by Crippen LogP contribution is 2.12. The lowest BCUT2D eigenvalue weighted by atomic mass is 10.0. The maximum Gasteiger partial charge on any atom is 0.306 e. The van der Waals surface area contributed by atoms with Gasteiger partial charge in [-0.15, -0.1) is 0 Å². The van der Waals surface area contributed by atoms with E-state index in [9.17, 15) is 30.0 Å². The largest absolute Gasteiger partial charge is 0.461 e. The SMILES string of the molecule is O=C(CCCCCCCCCCC(=O)OCc1ccccc1)NC[C@H](O)[C@@H](O)[C@H](O)[C@H](O)CO. The molecule has 4 atom stereocenters. The molecule has 1 aromatic carbocycles. The molecule has 9 heteroatoms. The summed E-state index contributed by atoms with van der Waals surface area (Å²) in [6.45, 7) is -0.686. The molecule has 0 bridgehead atoms. The van der Waals surface area contributed by atoms with E-state index in [4.69, 9.17) is 9.84 Å². The molecule has 1 rings (SSSR count). The second kappa shape index (κ2) is 18.3. The Hall–Kier alpha value is -2.04. The van der Waals surface area contributed by atoms with Crippen LogP contribution < -0.4 is 5.32 Å². The van der Waals surface area contributed by atoms with Gasteiger partial charge in [0.05, 0.1) is 12.7 Å². The van der Waals surface area contributed by atoms with Crippen LogP contribution in [0.3, 0.4) is 0 Å². The first kappa shape index (κ1) is 30.0. The van der Waals surface area contributed by atoms with Crippen molar-refractivity contribution in [1.82, 2.24) is 5.32 Å². The lowest BCUT2D eigenvalue weighted by Gasteiger charge is -2.25. The average Bonchev–Trinajstić information content (AvgIpc) is 2.86. The van der Waals surface area contributed by atoms with Crippen molar-refractivity contribution >= 4 is 11.9 Å². The minimum absolute atomic E-state index is 0.164. The summed E-state index contributed by atoms with van der Waals surface area (Å²) in [6.07, 6.45) is 1.99. The molecule has 0 saturated carbocycles. The summed E-state index contributed by atoms with van der Waals surface area (Å²) in [4.78, 5) is 23.6. The van der Waals surface area contributed by atoms with E-state index >= 15 is 0 Å². The Kier molecular flexibility index (Phi) is 16.1. The van der Waals surface area contributed by atoms with Crippen molar-refractivity contribution in [3.8, 4) is 0 Å². The Morgan fingerprint density at radius 1 is 0.765 bits per heavy atom. The molecule has 0 aromatic heterocycles. The monoisotopic (exact) mass is 483 g/mol. The Labute approximate surface area is 201 Å². The molecule has 0 aliphatic heterocycles. The van der Waals surface area contributed by atoms with Gasteiger partial charge in [-0.05, 0) is 18.4 Å². The van der Waals surface area contributed by atoms with E-state index in [1.54, 1.807) is 0 Å². The number of carbonyl (C=O) groups is 2. The number of unbranched alkanes of at least 4 members (excludes halogenated alkanes) is 7. The fraction of sp³-hybridized carbons (Fsp3) is 0.680. The van der Waals surface area contributed by atoms with Gasteiger partial charge in [-0.3, -0.25) is 9.59 Å². The number of amides is 1. The fourth-order valence-corrected chi connectivity index (χ4v) is 3.42. The second-order valence-corrected chi connectivity index (χ2v) is 8.58. The van der Waals surface area contributed by atoms with Gasteiger partial charge in [-0.2, -0.15) is 0 Å². The van der Waals surface area contributed by atoms with Crippen LogP contribution in [0.4, 0.5) is 0 Å². The highest BCUT2D eigenvalue weighted by molar-refractivity contribution is 5.75. The van der Waals surface area contributed by atoms with E-state index in [0.29, 0.717) is 25.9 Å². The number of ether oxygens (including phenoxy) is 1. The Morgan fingerprint density at radius 2 is 1.29 bits per heavy atom. The predicted molar refractivity (Wildman–Crippen MR) is 127 cm³/mol. The molecule has 6 N–H and O–H groups in total. The number of hydrogen-bond donors (Lipinski definition) is 6. The first-order valence-corrected chi connectivity index (χ1v) is 12.1. The standard InChI is InChI=1S/C25H41NO8/c27-17-21(29)25(33)24(32)20(28)16-26-22(30)14-10-5-3-1-2-4-6-11-15-23(31)34-18-19-12-8-7-9-13-19/h7-9,12-13,20-21,24-25,27-29,32-33H,1-6,10-11,14-18H2,(H,26,30)/t20-,21+,24+,25+/m0/s1. The minimum atomic E-state index is -1.70. The zero-order valence-electron chi connectivity index (χ0n) is 19.8. The van der Waals surface area contributed by atoms with Gasteiger partial charge in [0, 0.05) is 19.4 Å². The first-order valence-electron chi connectivity index (χ1n) is 12.1. The molecule has 0 radical (unpaired) electrons. The Bertz CT molecular complexity index is 672. The van der Waals surface area contributed by atoms with E-state index < -0.39 is 31.0 Å². The van der Waals surface area contributed by atoms with Crippen LogP contribution in [0.5, 0.6) is 0 Å². The molecule has 0 heterocycles. The van der Waals surface area contributed by atoms with Crippen LogP contribution in [0.2, 0.25) is 0 Å². The summed E-state index contributed by atoms with van der Waals surface area (Å²) in [5, 5.41) is 49.5. The van der Waals surface area contributed by atoms with Gasteiger partial charge in [-0.25, -0.2) is 0 Å². The van der Waals surface area contributed by atoms with E-state index in [-0.39, 0.29) is 18.4 Å². The molecule has 34 heavy (non-hydrogen) atoms.